The van der Waals surface area contributed by atoms with E-state index in [-0.39, 0.29) is 0 Å². The first-order valence-corrected chi connectivity index (χ1v) is 18.5. The van der Waals surface area contributed by atoms with E-state index in [9.17, 15) is 0 Å². The van der Waals surface area contributed by atoms with E-state index >= 15 is 0 Å². The van der Waals surface area contributed by atoms with Crippen molar-refractivity contribution in [3.63, 3.8) is 0 Å². The van der Waals surface area contributed by atoms with Gasteiger partial charge in [0.15, 0.2) is 0 Å². The second-order valence-corrected chi connectivity index (χ2v) is 12.6. The Kier molecular flexibility index (Phi) is 14.2. The van der Waals surface area contributed by atoms with Crippen LogP contribution in [0, 0.1) is 0 Å². The molecule has 0 atom stereocenters. The molecule has 0 radical (unpaired) electrons. The van der Waals surface area contributed by atoms with Crippen LogP contribution >= 0.6 is 0 Å². The van der Waals surface area contributed by atoms with Crippen molar-refractivity contribution in [3.8, 4) is 5.75 Å². The molecule has 0 aliphatic carbocycles. The Balaban J connectivity index is 1.16. The standard InChI is InChI=1S/C53H45NO/c1-55-53-30-18-29-49(43-53)28-17-16-27-48-35-41-52(42-36-48)54(50-37-31-46(32-38-50)25-10-4-2-8-19-44-21-12-6-13-22-44)51-39-33-47(34-40-51)26-11-5-3-9-20-45-23-14-7-15-24-45/h2-43H,1H3/b4-2+,5-3+,19-8+,20-9+,25-10+,26-11+,27-16+,28-17+. The Morgan fingerprint density at radius 3 is 0.982 bits per heavy atom. The Morgan fingerprint density at radius 2 is 0.618 bits per heavy atom. The SMILES string of the molecule is COc1cccc(/C=C/C=C/c2ccc(N(c3ccc(/C=C/C=C/C=C/c4ccccc4)cc3)c3ccc(/C=C/C=C/C=C/c4ccccc4)cc3)cc2)c1. The molecule has 6 aromatic carbocycles. The molecule has 0 saturated heterocycles. The zero-order chi connectivity index (χ0) is 37.8. The van der Waals surface area contributed by atoms with Crippen LogP contribution in [0.2, 0.25) is 0 Å². The van der Waals surface area contributed by atoms with Crippen LogP contribution in [0.25, 0.3) is 36.5 Å². The van der Waals surface area contributed by atoms with Gasteiger partial charge in [-0.2, -0.15) is 0 Å². The molecule has 0 N–H and O–H groups in total. The van der Waals surface area contributed by atoms with E-state index in [0.29, 0.717) is 0 Å². The fraction of sp³-hybridized carbons (Fsp3) is 0.0189. The van der Waals surface area contributed by atoms with E-state index in [0.717, 1.165) is 45.1 Å². The second kappa shape index (κ2) is 20.8. The third kappa shape index (κ3) is 12.2. The van der Waals surface area contributed by atoms with Crippen LogP contribution in [0.4, 0.5) is 17.1 Å². The van der Waals surface area contributed by atoms with E-state index in [2.05, 4.69) is 193 Å². The van der Waals surface area contributed by atoms with Gasteiger partial charge in [0.25, 0.3) is 0 Å². The topological polar surface area (TPSA) is 12.5 Å². The normalized spacial score (nSPS) is 12.2. The number of ether oxygens (including phenoxy) is 1. The van der Waals surface area contributed by atoms with Gasteiger partial charge in [-0.15, -0.1) is 0 Å². The van der Waals surface area contributed by atoms with Crippen LogP contribution in [0.15, 0.2) is 218 Å². The quantitative estimate of drug-likeness (QED) is 0.0984. The summed E-state index contributed by atoms with van der Waals surface area (Å²) in [5, 5.41) is 0. The first kappa shape index (κ1) is 37.6. The third-order valence-electron chi connectivity index (χ3n) is 8.66. The van der Waals surface area contributed by atoms with Crippen molar-refractivity contribution in [2.45, 2.75) is 0 Å². The highest BCUT2D eigenvalue weighted by atomic mass is 16.5. The highest BCUT2D eigenvalue weighted by Crippen LogP contribution is 2.35. The van der Waals surface area contributed by atoms with Gasteiger partial charge in [0.05, 0.1) is 7.11 Å². The molecule has 55 heavy (non-hydrogen) atoms. The lowest BCUT2D eigenvalue weighted by atomic mass is 10.1. The molecule has 0 aliphatic rings. The van der Waals surface area contributed by atoms with Crippen LogP contribution in [0.5, 0.6) is 5.75 Å². The van der Waals surface area contributed by atoms with Gasteiger partial charge in [0.1, 0.15) is 5.75 Å². The van der Waals surface area contributed by atoms with Gasteiger partial charge in [-0.05, 0) is 81.9 Å². The number of hydrogen-bond acceptors (Lipinski definition) is 2. The van der Waals surface area contributed by atoms with Crippen molar-refractivity contribution in [3.05, 3.63) is 252 Å². The second-order valence-electron chi connectivity index (χ2n) is 12.6. The van der Waals surface area contributed by atoms with Gasteiger partial charge in [-0.3, -0.25) is 0 Å². The van der Waals surface area contributed by atoms with Crippen molar-refractivity contribution in [1.82, 2.24) is 0 Å². The van der Waals surface area contributed by atoms with Gasteiger partial charge < -0.3 is 9.64 Å². The summed E-state index contributed by atoms with van der Waals surface area (Å²) in [5.41, 5.74) is 10.1. The largest absolute Gasteiger partial charge is 0.497 e. The number of anilines is 3. The number of rotatable bonds is 15. The summed E-state index contributed by atoms with van der Waals surface area (Å²) < 4.78 is 5.34. The number of methoxy groups -OCH3 is 1. The van der Waals surface area contributed by atoms with Gasteiger partial charge in [0, 0.05) is 17.1 Å². The maximum Gasteiger partial charge on any atom is 0.119 e. The molecule has 0 amide bonds. The molecule has 0 aliphatic heterocycles. The van der Waals surface area contributed by atoms with Crippen LogP contribution in [-0.4, -0.2) is 7.11 Å². The van der Waals surface area contributed by atoms with Gasteiger partial charge in [-0.1, -0.05) is 206 Å². The molecule has 0 saturated carbocycles. The van der Waals surface area contributed by atoms with Crippen molar-refractivity contribution < 1.29 is 4.74 Å². The summed E-state index contributed by atoms with van der Waals surface area (Å²) in [6.45, 7) is 0. The van der Waals surface area contributed by atoms with Crippen LogP contribution in [0.1, 0.15) is 33.4 Å². The minimum atomic E-state index is 0.850. The average molecular weight is 712 g/mol. The lowest BCUT2D eigenvalue weighted by Crippen LogP contribution is -2.09. The smallest absolute Gasteiger partial charge is 0.119 e. The number of nitrogens with zero attached hydrogens (tertiary/aromatic N) is 1. The summed E-state index contributed by atoms with van der Waals surface area (Å²) in [4.78, 5) is 2.29. The predicted octanol–water partition coefficient (Wildman–Crippen LogP) is 14.5. The molecule has 0 spiro atoms. The number of benzene rings is 6. The van der Waals surface area contributed by atoms with E-state index in [1.807, 2.05) is 66.7 Å². The lowest BCUT2D eigenvalue weighted by Gasteiger charge is -2.26. The van der Waals surface area contributed by atoms with Gasteiger partial charge >= 0.3 is 0 Å². The number of allylic oxidation sites excluding steroid dienone is 10. The molecule has 2 heteroatoms. The minimum Gasteiger partial charge on any atom is -0.497 e. The third-order valence-corrected chi connectivity index (χ3v) is 8.66. The van der Waals surface area contributed by atoms with Crippen molar-refractivity contribution in [2.24, 2.45) is 0 Å². The monoisotopic (exact) mass is 711 g/mol. The molecule has 2 nitrogen and oxygen atoms in total. The molecular formula is C53H45NO. The van der Waals surface area contributed by atoms with Crippen molar-refractivity contribution >= 4 is 53.5 Å². The van der Waals surface area contributed by atoms with E-state index in [4.69, 9.17) is 4.74 Å². The summed E-state index contributed by atoms with van der Waals surface area (Å²) >= 11 is 0. The zero-order valence-electron chi connectivity index (χ0n) is 31.1. The molecule has 6 rings (SSSR count). The van der Waals surface area contributed by atoms with Crippen molar-refractivity contribution in [2.75, 3.05) is 12.0 Å². The highest BCUT2D eigenvalue weighted by Gasteiger charge is 2.12. The molecule has 0 fully saturated rings. The molecule has 0 bridgehead atoms. The molecule has 0 unspecified atom stereocenters. The summed E-state index contributed by atoms with van der Waals surface area (Å²) in [5.74, 6) is 0.850. The Hall–Kier alpha value is -7.16. The van der Waals surface area contributed by atoms with Crippen LogP contribution in [-0.2, 0) is 0 Å². The maximum absolute atomic E-state index is 5.34. The fourth-order valence-corrected chi connectivity index (χ4v) is 5.78. The van der Waals surface area contributed by atoms with E-state index in [1.54, 1.807) is 7.11 Å². The highest BCUT2D eigenvalue weighted by molar-refractivity contribution is 5.78. The van der Waals surface area contributed by atoms with Crippen LogP contribution < -0.4 is 9.64 Å². The summed E-state index contributed by atoms with van der Waals surface area (Å²) in [6, 6.07) is 54.7. The van der Waals surface area contributed by atoms with Gasteiger partial charge in [-0.25, -0.2) is 0 Å². The van der Waals surface area contributed by atoms with Gasteiger partial charge in [0.2, 0.25) is 0 Å². The number of hydrogen-bond donors (Lipinski definition) is 0. The first-order chi connectivity index (χ1) is 27.2. The average Bonchev–Trinajstić information content (AvgIpc) is 3.24. The molecular weight excluding hydrogens is 667 g/mol. The molecule has 268 valence electrons. The van der Waals surface area contributed by atoms with Crippen LogP contribution in [0.3, 0.4) is 0 Å². The predicted molar refractivity (Wildman–Crippen MR) is 239 cm³/mol. The molecule has 6 aromatic rings. The Morgan fingerprint density at radius 1 is 0.309 bits per heavy atom. The maximum atomic E-state index is 5.34. The van der Waals surface area contributed by atoms with Crippen molar-refractivity contribution in [1.29, 1.82) is 0 Å². The first-order valence-electron chi connectivity index (χ1n) is 18.5. The van der Waals surface area contributed by atoms with E-state index < -0.39 is 0 Å². The Bertz CT molecular complexity index is 2190. The summed E-state index contributed by atoms with van der Waals surface area (Å²) in [7, 11) is 1.69. The molecule has 0 heterocycles. The lowest BCUT2D eigenvalue weighted by molar-refractivity contribution is 0.414. The minimum absolute atomic E-state index is 0.850. The van der Waals surface area contributed by atoms with E-state index in [1.165, 1.54) is 11.1 Å². The summed E-state index contributed by atoms with van der Waals surface area (Å²) in [6.07, 6.45) is 33.2. The zero-order valence-corrected chi connectivity index (χ0v) is 31.1. The molecule has 0 aromatic heterocycles. The fourth-order valence-electron chi connectivity index (χ4n) is 5.78. The Labute approximate surface area is 326 Å².